The Morgan fingerprint density at radius 1 is 1.03 bits per heavy atom. The zero-order valence-electron chi connectivity index (χ0n) is 16.8. The fraction of sp³-hybridized carbons (Fsp3) is 0.300. The Morgan fingerprint density at radius 2 is 1.60 bits per heavy atom. The third-order valence-electron chi connectivity index (χ3n) is 4.51. The number of likely N-dealkylation sites (N-methyl/N-ethyl adjacent to an activating group) is 1. The van der Waals surface area contributed by atoms with Crippen molar-refractivity contribution in [3.05, 3.63) is 65.7 Å². The van der Waals surface area contributed by atoms with Gasteiger partial charge in [0.15, 0.2) is 0 Å². The van der Waals surface area contributed by atoms with Crippen molar-refractivity contribution in [3.63, 3.8) is 0 Å². The van der Waals surface area contributed by atoms with E-state index in [0.29, 0.717) is 4.31 Å². The normalized spacial score (nSPS) is 12.2. The second kappa shape index (κ2) is 9.66. The van der Waals surface area contributed by atoms with Gasteiger partial charge in [0.05, 0.1) is 11.9 Å². The Labute approximate surface area is 174 Å². The SMILES string of the molecule is CNC(=O)[C@H](C)N(Cc1ccccc1F)C(=O)CN(c1ccccc1F)S(C)(=O)=O. The first-order valence-electron chi connectivity index (χ1n) is 9.03. The number of sulfonamides is 1. The summed E-state index contributed by atoms with van der Waals surface area (Å²) < 4.78 is 53.5. The number of hydrogen-bond acceptors (Lipinski definition) is 4. The third-order valence-corrected chi connectivity index (χ3v) is 5.64. The van der Waals surface area contributed by atoms with E-state index in [0.717, 1.165) is 17.2 Å². The van der Waals surface area contributed by atoms with E-state index in [1.54, 1.807) is 6.07 Å². The number of carbonyl (C=O) groups is 2. The Hall–Kier alpha value is -3.01. The number of anilines is 1. The van der Waals surface area contributed by atoms with E-state index in [-0.39, 0.29) is 17.8 Å². The quantitative estimate of drug-likeness (QED) is 0.681. The van der Waals surface area contributed by atoms with Crippen LogP contribution < -0.4 is 9.62 Å². The van der Waals surface area contributed by atoms with Crippen molar-refractivity contribution in [1.29, 1.82) is 0 Å². The predicted molar refractivity (Wildman–Crippen MR) is 109 cm³/mol. The number of nitrogens with one attached hydrogen (secondary N) is 1. The Morgan fingerprint density at radius 3 is 2.13 bits per heavy atom. The van der Waals surface area contributed by atoms with E-state index in [2.05, 4.69) is 5.32 Å². The van der Waals surface area contributed by atoms with Crippen LogP contribution >= 0.6 is 0 Å². The van der Waals surface area contributed by atoms with Gasteiger partial charge in [0, 0.05) is 19.2 Å². The highest BCUT2D eigenvalue weighted by atomic mass is 32.2. The number of amides is 2. The third kappa shape index (κ3) is 5.53. The van der Waals surface area contributed by atoms with E-state index in [1.165, 1.54) is 50.4 Å². The lowest BCUT2D eigenvalue weighted by Gasteiger charge is -2.31. The lowest BCUT2D eigenvalue weighted by molar-refractivity contribution is -0.139. The average molecular weight is 439 g/mol. The summed E-state index contributed by atoms with van der Waals surface area (Å²) in [5.74, 6) is -2.70. The van der Waals surface area contributed by atoms with Crippen molar-refractivity contribution in [2.45, 2.75) is 19.5 Å². The highest BCUT2D eigenvalue weighted by Gasteiger charge is 2.31. The molecule has 0 aliphatic carbocycles. The summed E-state index contributed by atoms with van der Waals surface area (Å²) in [6.45, 7) is 0.413. The highest BCUT2D eigenvalue weighted by molar-refractivity contribution is 7.92. The van der Waals surface area contributed by atoms with E-state index in [1.807, 2.05) is 0 Å². The van der Waals surface area contributed by atoms with Crippen LogP contribution in [0.1, 0.15) is 12.5 Å². The number of halogens is 2. The van der Waals surface area contributed by atoms with E-state index in [4.69, 9.17) is 0 Å². The van der Waals surface area contributed by atoms with Gasteiger partial charge in [-0.05, 0) is 25.1 Å². The van der Waals surface area contributed by atoms with Gasteiger partial charge >= 0.3 is 0 Å². The van der Waals surface area contributed by atoms with Crippen LogP contribution in [0, 0.1) is 11.6 Å². The summed E-state index contributed by atoms with van der Waals surface area (Å²) in [6.07, 6.45) is 0.843. The first kappa shape index (κ1) is 23.3. The number of hydrogen-bond donors (Lipinski definition) is 1. The topological polar surface area (TPSA) is 86.8 Å². The molecule has 1 N–H and O–H groups in total. The lowest BCUT2D eigenvalue weighted by atomic mass is 10.1. The van der Waals surface area contributed by atoms with E-state index < -0.39 is 46.1 Å². The Kier molecular flexibility index (Phi) is 7.49. The molecule has 0 spiro atoms. The van der Waals surface area contributed by atoms with Crippen LogP contribution in [0.3, 0.4) is 0 Å². The van der Waals surface area contributed by atoms with Crippen molar-refractivity contribution < 1.29 is 26.8 Å². The smallest absolute Gasteiger partial charge is 0.244 e. The minimum Gasteiger partial charge on any atom is -0.357 e. The molecule has 2 rings (SSSR count). The van der Waals surface area contributed by atoms with Crippen LogP contribution in [0.5, 0.6) is 0 Å². The maximum absolute atomic E-state index is 14.2. The summed E-state index contributed by atoms with van der Waals surface area (Å²) >= 11 is 0. The molecule has 0 saturated carbocycles. The zero-order valence-corrected chi connectivity index (χ0v) is 17.6. The van der Waals surface area contributed by atoms with Crippen molar-refractivity contribution in [1.82, 2.24) is 10.2 Å². The molecule has 10 heteroatoms. The molecule has 2 aromatic rings. The predicted octanol–water partition coefficient (Wildman–Crippen LogP) is 1.89. The Balaban J connectivity index is 2.41. The van der Waals surface area contributed by atoms with Crippen LogP contribution in [-0.2, 0) is 26.2 Å². The molecule has 0 aliphatic heterocycles. The molecule has 0 bridgehead atoms. The molecule has 0 heterocycles. The molecule has 162 valence electrons. The summed E-state index contributed by atoms with van der Waals surface area (Å²) in [6, 6.07) is 9.83. The molecule has 2 aromatic carbocycles. The number of para-hydroxylation sites is 1. The minimum absolute atomic E-state index is 0.151. The van der Waals surface area contributed by atoms with Crippen molar-refractivity contribution in [2.24, 2.45) is 0 Å². The fourth-order valence-electron chi connectivity index (χ4n) is 2.85. The molecular formula is C20H23F2N3O4S. The van der Waals surface area contributed by atoms with Crippen LogP contribution in [-0.4, -0.2) is 51.0 Å². The summed E-state index contributed by atoms with van der Waals surface area (Å²) in [4.78, 5) is 26.3. The van der Waals surface area contributed by atoms with Gasteiger partial charge in [-0.25, -0.2) is 17.2 Å². The van der Waals surface area contributed by atoms with Crippen LogP contribution in [0.2, 0.25) is 0 Å². The fourth-order valence-corrected chi connectivity index (χ4v) is 3.70. The van der Waals surface area contributed by atoms with Gasteiger partial charge in [0.2, 0.25) is 21.8 Å². The molecule has 0 fully saturated rings. The summed E-state index contributed by atoms with van der Waals surface area (Å²) in [7, 11) is -2.65. The summed E-state index contributed by atoms with van der Waals surface area (Å²) in [5, 5.41) is 2.41. The van der Waals surface area contributed by atoms with E-state index in [9.17, 15) is 26.8 Å². The molecule has 2 amide bonds. The van der Waals surface area contributed by atoms with Crippen LogP contribution in [0.15, 0.2) is 48.5 Å². The van der Waals surface area contributed by atoms with Crippen molar-refractivity contribution in [2.75, 3.05) is 24.2 Å². The van der Waals surface area contributed by atoms with Gasteiger partial charge in [-0.15, -0.1) is 0 Å². The van der Waals surface area contributed by atoms with Crippen molar-refractivity contribution >= 4 is 27.5 Å². The maximum atomic E-state index is 14.2. The molecule has 0 saturated heterocycles. The standard InChI is InChI=1S/C20H23F2N3O4S/c1-14(20(27)23-2)24(12-15-8-4-5-9-16(15)21)19(26)13-25(30(3,28)29)18-11-7-6-10-17(18)22/h4-11,14H,12-13H2,1-3H3,(H,23,27)/t14-/m0/s1. The molecule has 7 nitrogen and oxygen atoms in total. The second-order valence-electron chi connectivity index (χ2n) is 6.62. The average Bonchev–Trinajstić information content (AvgIpc) is 2.70. The minimum atomic E-state index is -4.03. The van der Waals surface area contributed by atoms with Crippen molar-refractivity contribution in [3.8, 4) is 0 Å². The number of rotatable bonds is 8. The molecule has 0 aliphatic rings. The van der Waals surface area contributed by atoms with Gasteiger partial charge in [-0.2, -0.15) is 0 Å². The van der Waals surface area contributed by atoms with Gasteiger partial charge in [0.25, 0.3) is 0 Å². The first-order valence-corrected chi connectivity index (χ1v) is 10.9. The van der Waals surface area contributed by atoms with Gasteiger partial charge in [-0.1, -0.05) is 30.3 Å². The summed E-state index contributed by atoms with van der Waals surface area (Å²) in [5.41, 5.74) is -0.148. The van der Waals surface area contributed by atoms with Crippen LogP contribution in [0.25, 0.3) is 0 Å². The molecule has 0 unspecified atom stereocenters. The zero-order chi connectivity index (χ0) is 22.5. The number of carbonyl (C=O) groups excluding carboxylic acids is 2. The van der Waals surface area contributed by atoms with Gasteiger partial charge < -0.3 is 10.2 Å². The Bertz CT molecular complexity index is 1030. The first-order chi connectivity index (χ1) is 14.1. The molecule has 30 heavy (non-hydrogen) atoms. The van der Waals surface area contributed by atoms with Gasteiger partial charge in [0.1, 0.15) is 24.2 Å². The van der Waals surface area contributed by atoms with E-state index >= 15 is 0 Å². The number of benzene rings is 2. The monoisotopic (exact) mass is 439 g/mol. The maximum Gasteiger partial charge on any atom is 0.244 e. The lowest BCUT2D eigenvalue weighted by Crippen LogP contribution is -2.50. The molecular weight excluding hydrogens is 416 g/mol. The number of nitrogens with zero attached hydrogens (tertiary/aromatic N) is 2. The highest BCUT2D eigenvalue weighted by Crippen LogP contribution is 2.22. The van der Waals surface area contributed by atoms with Crippen LogP contribution in [0.4, 0.5) is 14.5 Å². The van der Waals surface area contributed by atoms with Gasteiger partial charge in [-0.3, -0.25) is 13.9 Å². The second-order valence-corrected chi connectivity index (χ2v) is 8.53. The molecule has 0 aromatic heterocycles. The molecule has 1 atom stereocenters. The molecule has 0 radical (unpaired) electrons. The largest absolute Gasteiger partial charge is 0.357 e.